The third kappa shape index (κ3) is 2.83. The molecule has 1 saturated carbocycles. The predicted octanol–water partition coefficient (Wildman–Crippen LogP) is 3.71. The fraction of sp³-hybridized carbons (Fsp3) is 0.286. The van der Waals surface area contributed by atoms with E-state index in [-0.39, 0.29) is 11.7 Å². The molecule has 0 radical (unpaired) electrons. The number of aromatic nitrogens is 1. The largest absolute Gasteiger partial charge is 0.496 e. The molecule has 2 aromatic carbocycles. The summed E-state index contributed by atoms with van der Waals surface area (Å²) in [6.45, 7) is 0.554. The van der Waals surface area contributed by atoms with Crippen molar-refractivity contribution in [3.63, 3.8) is 0 Å². The summed E-state index contributed by atoms with van der Waals surface area (Å²) < 4.78 is 18.7. The molecule has 1 amide bonds. The molecule has 4 rings (SSSR count). The molecule has 134 valence electrons. The molecule has 3 aromatic rings. The Bertz CT molecular complexity index is 960. The number of carbonyl (C=O) groups is 1. The molecular weight excluding hydrogens is 331 g/mol. The third-order valence-corrected chi connectivity index (χ3v) is 5.22. The lowest BCUT2D eigenvalue weighted by Crippen LogP contribution is -2.35. The Kier molecular flexibility index (Phi) is 4.15. The number of methoxy groups -OCH3 is 1. The highest BCUT2D eigenvalue weighted by atomic mass is 19.1. The number of halogens is 1. The van der Waals surface area contributed by atoms with Crippen molar-refractivity contribution in [3.05, 3.63) is 65.6 Å². The number of hydrogen-bond donors (Lipinski definition) is 2. The second-order valence-corrected chi connectivity index (χ2v) is 6.79. The van der Waals surface area contributed by atoms with Gasteiger partial charge in [0, 0.05) is 23.6 Å². The number of para-hydroxylation sites is 1. The molecule has 4 nitrogen and oxygen atoms in total. The predicted molar refractivity (Wildman–Crippen MR) is 98.9 cm³/mol. The van der Waals surface area contributed by atoms with Crippen LogP contribution >= 0.6 is 0 Å². The van der Waals surface area contributed by atoms with Crippen LogP contribution in [0.15, 0.2) is 48.7 Å². The molecule has 0 aliphatic heterocycles. The Morgan fingerprint density at radius 2 is 2.08 bits per heavy atom. The van der Waals surface area contributed by atoms with E-state index in [4.69, 9.17) is 4.74 Å². The third-order valence-electron chi connectivity index (χ3n) is 5.22. The Hall–Kier alpha value is -2.82. The van der Waals surface area contributed by atoms with Crippen molar-refractivity contribution in [1.29, 1.82) is 0 Å². The summed E-state index contributed by atoms with van der Waals surface area (Å²) >= 11 is 0. The van der Waals surface area contributed by atoms with Gasteiger partial charge in [0.05, 0.1) is 12.5 Å². The van der Waals surface area contributed by atoms with Crippen molar-refractivity contribution in [2.45, 2.75) is 24.7 Å². The first kappa shape index (κ1) is 16.6. The maximum Gasteiger partial charge on any atom is 0.230 e. The molecule has 26 heavy (non-hydrogen) atoms. The number of hydrogen-bond acceptors (Lipinski definition) is 2. The normalized spacial score (nSPS) is 15.0. The van der Waals surface area contributed by atoms with Crippen LogP contribution in [0.3, 0.4) is 0 Å². The molecule has 1 fully saturated rings. The zero-order chi connectivity index (χ0) is 18.1. The Balaban J connectivity index is 1.47. The minimum atomic E-state index is -0.489. The van der Waals surface area contributed by atoms with E-state index in [0.29, 0.717) is 13.0 Å². The molecule has 1 aliphatic carbocycles. The van der Waals surface area contributed by atoms with Gasteiger partial charge in [0.25, 0.3) is 0 Å². The molecule has 0 spiro atoms. The topological polar surface area (TPSA) is 54.1 Å². The first-order valence-electron chi connectivity index (χ1n) is 8.81. The number of benzene rings is 2. The van der Waals surface area contributed by atoms with Crippen LogP contribution < -0.4 is 10.1 Å². The second kappa shape index (κ2) is 6.48. The van der Waals surface area contributed by atoms with Crippen LogP contribution in [0.2, 0.25) is 0 Å². The average molecular weight is 352 g/mol. The van der Waals surface area contributed by atoms with Crippen LogP contribution in [0.25, 0.3) is 10.9 Å². The van der Waals surface area contributed by atoms with Crippen LogP contribution in [0.1, 0.15) is 24.0 Å². The second-order valence-electron chi connectivity index (χ2n) is 6.79. The van der Waals surface area contributed by atoms with Gasteiger partial charge in [-0.1, -0.05) is 18.2 Å². The van der Waals surface area contributed by atoms with Gasteiger partial charge in [-0.05, 0) is 54.7 Å². The van der Waals surface area contributed by atoms with E-state index in [0.717, 1.165) is 40.6 Å². The minimum absolute atomic E-state index is 0.0395. The van der Waals surface area contributed by atoms with E-state index in [1.54, 1.807) is 13.2 Å². The number of nitrogens with one attached hydrogen (secondary N) is 2. The zero-order valence-electron chi connectivity index (χ0n) is 14.6. The van der Waals surface area contributed by atoms with E-state index in [1.807, 2.05) is 30.5 Å². The van der Waals surface area contributed by atoms with Gasteiger partial charge in [-0.3, -0.25) is 4.79 Å². The summed E-state index contributed by atoms with van der Waals surface area (Å²) in [6, 6.07) is 12.5. The van der Waals surface area contributed by atoms with Gasteiger partial charge in [0.15, 0.2) is 0 Å². The van der Waals surface area contributed by atoms with Gasteiger partial charge < -0.3 is 15.0 Å². The van der Waals surface area contributed by atoms with E-state index in [2.05, 4.69) is 10.3 Å². The molecule has 0 saturated heterocycles. The van der Waals surface area contributed by atoms with E-state index in [9.17, 15) is 9.18 Å². The number of carbonyl (C=O) groups excluding carboxylic acids is 1. The number of H-pyrrole nitrogens is 1. The lowest BCUT2D eigenvalue weighted by Gasteiger charge is -2.15. The number of aromatic amines is 1. The van der Waals surface area contributed by atoms with E-state index >= 15 is 0 Å². The lowest BCUT2D eigenvalue weighted by molar-refractivity contribution is -0.123. The summed E-state index contributed by atoms with van der Waals surface area (Å²) in [7, 11) is 1.65. The van der Waals surface area contributed by atoms with Crippen molar-refractivity contribution in [2.24, 2.45) is 0 Å². The lowest BCUT2D eigenvalue weighted by atomic mass is 9.94. The van der Waals surface area contributed by atoms with E-state index < -0.39 is 5.41 Å². The van der Waals surface area contributed by atoms with Gasteiger partial charge in [0.1, 0.15) is 11.6 Å². The summed E-state index contributed by atoms with van der Waals surface area (Å²) in [4.78, 5) is 15.9. The van der Waals surface area contributed by atoms with E-state index in [1.165, 1.54) is 12.1 Å². The van der Waals surface area contributed by atoms with Crippen molar-refractivity contribution in [3.8, 4) is 5.75 Å². The fourth-order valence-electron chi connectivity index (χ4n) is 3.63. The SMILES string of the molecule is COc1ccccc1CCNC(=O)C1(c2c[nH]c3cc(F)ccc23)CC1. The van der Waals surface area contributed by atoms with Crippen LogP contribution in [0, 0.1) is 5.82 Å². The molecule has 1 aromatic heterocycles. The van der Waals surface area contributed by atoms with Crippen LogP contribution in [-0.4, -0.2) is 24.5 Å². The van der Waals surface area contributed by atoms with Crippen LogP contribution in [0.4, 0.5) is 4.39 Å². The molecular formula is C21H21FN2O2. The Morgan fingerprint density at radius 1 is 1.27 bits per heavy atom. The summed E-state index contributed by atoms with van der Waals surface area (Å²) in [5.41, 5.74) is 2.27. The number of amides is 1. The quantitative estimate of drug-likeness (QED) is 0.711. The highest BCUT2D eigenvalue weighted by molar-refractivity contribution is 5.97. The maximum atomic E-state index is 13.4. The summed E-state index contributed by atoms with van der Waals surface area (Å²) in [5, 5.41) is 3.99. The monoisotopic (exact) mass is 352 g/mol. The average Bonchev–Trinajstić information content (AvgIpc) is 3.36. The fourth-order valence-corrected chi connectivity index (χ4v) is 3.63. The van der Waals surface area contributed by atoms with Gasteiger partial charge in [-0.25, -0.2) is 4.39 Å². The van der Waals surface area contributed by atoms with Crippen molar-refractivity contribution in [1.82, 2.24) is 10.3 Å². The Labute approximate surface area is 151 Å². The highest BCUT2D eigenvalue weighted by Crippen LogP contribution is 2.50. The number of rotatable bonds is 6. The molecule has 2 N–H and O–H groups in total. The number of fused-ring (bicyclic) bond motifs is 1. The minimum Gasteiger partial charge on any atom is -0.496 e. The standard InChI is InChI=1S/C21H21FN2O2/c1-26-19-5-3-2-4-14(19)8-11-23-20(25)21(9-10-21)17-13-24-18-12-15(22)6-7-16(17)18/h2-7,12-13,24H,8-11H2,1H3,(H,23,25). The molecule has 0 unspecified atom stereocenters. The molecule has 1 heterocycles. The van der Waals surface area contributed by atoms with Gasteiger partial charge in [-0.15, -0.1) is 0 Å². The highest BCUT2D eigenvalue weighted by Gasteiger charge is 2.52. The van der Waals surface area contributed by atoms with Crippen LogP contribution in [-0.2, 0) is 16.6 Å². The first-order chi connectivity index (χ1) is 12.6. The molecule has 1 aliphatic rings. The van der Waals surface area contributed by atoms with Crippen molar-refractivity contribution < 1.29 is 13.9 Å². The van der Waals surface area contributed by atoms with Crippen molar-refractivity contribution >= 4 is 16.8 Å². The van der Waals surface area contributed by atoms with Crippen molar-refractivity contribution in [2.75, 3.05) is 13.7 Å². The summed E-state index contributed by atoms with van der Waals surface area (Å²) in [6.07, 6.45) is 4.19. The van der Waals surface area contributed by atoms with Gasteiger partial charge >= 0.3 is 0 Å². The first-order valence-corrected chi connectivity index (χ1v) is 8.81. The molecule has 0 bridgehead atoms. The molecule has 0 atom stereocenters. The van der Waals surface area contributed by atoms with Gasteiger partial charge in [-0.2, -0.15) is 0 Å². The number of ether oxygens (including phenoxy) is 1. The van der Waals surface area contributed by atoms with Gasteiger partial charge in [0.2, 0.25) is 5.91 Å². The Morgan fingerprint density at radius 3 is 2.85 bits per heavy atom. The smallest absolute Gasteiger partial charge is 0.230 e. The zero-order valence-corrected chi connectivity index (χ0v) is 14.6. The molecule has 5 heteroatoms. The van der Waals surface area contributed by atoms with Crippen LogP contribution in [0.5, 0.6) is 5.75 Å². The maximum absolute atomic E-state index is 13.4. The summed E-state index contributed by atoms with van der Waals surface area (Å²) in [5.74, 6) is 0.594.